The molecule has 0 amide bonds. The molecule has 17 heavy (non-hydrogen) atoms. The van der Waals surface area contributed by atoms with Gasteiger partial charge in [0.2, 0.25) is 0 Å². The molecule has 1 aromatic heterocycles. The van der Waals surface area contributed by atoms with Crippen LogP contribution in [0.3, 0.4) is 0 Å². The molecule has 0 bridgehead atoms. The van der Waals surface area contributed by atoms with Crippen LogP contribution in [0, 0.1) is 17.1 Å². The number of nitriles is 1. The Bertz CT molecular complexity index is 614. The Hall–Kier alpha value is -1.93. The van der Waals surface area contributed by atoms with Crippen molar-refractivity contribution in [3.8, 4) is 6.07 Å². The maximum atomic E-state index is 13.0. The Labute approximate surface area is 101 Å². The minimum atomic E-state index is -0.788. The van der Waals surface area contributed by atoms with E-state index in [9.17, 15) is 9.18 Å². The zero-order valence-electron chi connectivity index (χ0n) is 8.94. The smallest absolute Gasteiger partial charge is 0.349 e. The number of thiophene rings is 1. The number of benzene rings is 1. The molecule has 5 heteroatoms. The molecule has 1 atom stereocenters. The van der Waals surface area contributed by atoms with Gasteiger partial charge < -0.3 is 4.74 Å². The Morgan fingerprint density at radius 2 is 2.29 bits per heavy atom. The van der Waals surface area contributed by atoms with E-state index >= 15 is 0 Å². The van der Waals surface area contributed by atoms with Gasteiger partial charge in [0, 0.05) is 4.70 Å². The summed E-state index contributed by atoms with van der Waals surface area (Å²) in [6, 6.07) is 7.68. The van der Waals surface area contributed by atoms with Gasteiger partial charge in [0.1, 0.15) is 16.8 Å². The molecular weight excluding hydrogens is 241 g/mol. The summed E-state index contributed by atoms with van der Waals surface area (Å²) < 4.78 is 18.6. The molecule has 0 saturated carbocycles. The van der Waals surface area contributed by atoms with Gasteiger partial charge in [-0.05, 0) is 36.6 Å². The lowest BCUT2D eigenvalue weighted by atomic mass is 10.2. The third-order valence-corrected chi connectivity index (χ3v) is 3.24. The third-order valence-electron chi connectivity index (χ3n) is 2.15. The summed E-state index contributed by atoms with van der Waals surface area (Å²) in [5.41, 5.74) is 0. The van der Waals surface area contributed by atoms with Crippen LogP contribution in [-0.4, -0.2) is 12.1 Å². The van der Waals surface area contributed by atoms with Gasteiger partial charge in [-0.1, -0.05) is 0 Å². The number of halogens is 1. The van der Waals surface area contributed by atoms with Gasteiger partial charge in [-0.15, -0.1) is 11.3 Å². The van der Waals surface area contributed by atoms with Crippen molar-refractivity contribution in [3.05, 3.63) is 35.0 Å². The molecule has 2 aromatic rings. The maximum absolute atomic E-state index is 13.0. The largest absolute Gasteiger partial charge is 0.443 e. The first-order valence-electron chi connectivity index (χ1n) is 4.90. The second-order valence-electron chi connectivity index (χ2n) is 3.47. The van der Waals surface area contributed by atoms with Crippen LogP contribution in [0.4, 0.5) is 4.39 Å². The van der Waals surface area contributed by atoms with E-state index in [0.717, 1.165) is 4.70 Å². The molecule has 0 radical (unpaired) electrons. The molecule has 1 aromatic carbocycles. The fourth-order valence-electron chi connectivity index (χ4n) is 1.36. The molecule has 1 heterocycles. The van der Waals surface area contributed by atoms with Crippen molar-refractivity contribution in [2.45, 2.75) is 13.0 Å². The highest BCUT2D eigenvalue weighted by Gasteiger charge is 2.14. The van der Waals surface area contributed by atoms with Crippen molar-refractivity contribution in [1.29, 1.82) is 5.26 Å². The van der Waals surface area contributed by atoms with Gasteiger partial charge in [-0.2, -0.15) is 5.26 Å². The standard InChI is InChI=1S/C12H8FNO2S/c1-7(6-14)16-12(15)11-5-8-4-9(13)2-3-10(8)17-11/h2-5,7H,1H3/t7-/m0/s1. The second kappa shape index (κ2) is 4.52. The lowest BCUT2D eigenvalue weighted by molar-refractivity contribution is 0.0441. The van der Waals surface area contributed by atoms with E-state index in [1.807, 2.05) is 6.07 Å². The van der Waals surface area contributed by atoms with E-state index < -0.39 is 12.1 Å². The van der Waals surface area contributed by atoms with Crippen LogP contribution in [0.25, 0.3) is 10.1 Å². The number of rotatable bonds is 2. The van der Waals surface area contributed by atoms with Gasteiger partial charge >= 0.3 is 5.97 Å². The van der Waals surface area contributed by atoms with E-state index in [-0.39, 0.29) is 5.82 Å². The number of nitrogens with zero attached hydrogens (tertiary/aromatic N) is 1. The quantitative estimate of drug-likeness (QED) is 0.768. The van der Waals surface area contributed by atoms with Crippen LogP contribution >= 0.6 is 11.3 Å². The molecule has 0 N–H and O–H groups in total. The Morgan fingerprint density at radius 3 is 3.00 bits per heavy atom. The molecule has 0 aliphatic carbocycles. The van der Waals surface area contributed by atoms with Gasteiger partial charge in [-0.25, -0.2) is 9.18 Å². The average Bonchev–Trinajstić information content (AvgIpc) is 2.71. The van der Waals surface area contributed by atoms with Gasteiger partial charge in [0.15, 0.2) is 6.10 Å². The topological polar surface area (TPSA) is 50.1 Å². The fourth-order valence-corrected chi connectivity index (χ4v) is 2.29. The minimum Gasteiger partial charge on any atom is -0.443 e. The summed E-state index contributed by atoms with van der Waals surface area (Å²) in [5, 5.41) is 9.19. The Kier molecular flexibility index (Phi) is 3.07. The van der Waals surface area contributed by atoms with E-state index in [4.69, 9.17) is 10.00 Å². The van der Waals surface area contributed by atoms with Crippen molar-refractivity contribution in [2.24, 2.45) is 0 Å². The molecule has 0 aliphatic heterocycles. The molecule has 2 rings (SSSR count). The number of esters is 1. The van der Waals surface area contributed by atoms with Gasteiger partial charge in [0.05, 0.1) is 0 Å². The molecule has 0 spiro atoms. The third kappa shape index (κ3) is 2.43. The van der Waals surface area contributed by atoms with Crippen LogP contribution in [0.1, 0.15) is 16.6 Å². The number of hydrogen-bond acceptors (Lipinski definition) is 4. The Balaban J connectivity index is 2.31. The highest BCUT2D eigenvalue weighted by atomic mass is 32.1. The zero-order chi connectivity index (χ0) is 12.4. The van der Waals surface area contributed by atoms with E-state index in [0.29, 0.717) is 10.3 Å². The van der Waals surface area contributed by atoms with Crippen molar-refractivity contribution in [3.63, 3.8) is 0 Å². The fraction of sp³-hybridized carbons (Fsp3) is 0.167. The van der Waals surface area contributed by atoms with Crippen LogP contribution in [0.5, 0.6) is 0 Å². The summed E-state index contributed by atoms with van der Waals surface area (Å²) in [6.45, 7) is 1.49. The monoisotopic (exact) mass is 249 g/mol. The molecule has 86 valence electrons. The van der Waals surface area contributed by atoms with E-state index in [1.165, 1.54) is 30.4 Å². The summed E-state index contributed by atoms with van der Waals surface area (Å²) >= 11 is 1.22. The highest BCUT2D eigenvalue weighted by molar-refractivity contribution is 7.20. The number of carbonyl (C=O) groups is 1. The molecule has 0 fully saturated rings. The van der Waals surface area contributed by atoms with Crippen LogP contribution in [-0.2, 0) is 4.74 Å². The second-order valence-corrected chi connectivity index (χ2v) is 4.55. The summed E-state index contributed by atoms with van der Waals surface area (Å²) in [6.07, 6.45) is -0.788. The Morgan fingerprint density at radius 1 is 1.53 bits per heavy atom. The molecule has 0 aliphatic rings. The predicted molar refractivity (Wildman–Crippen MR) is 62.3 cm³/mol. The number of ether oxygens (including phenoxy) is 1. The predicted octanol–water partition coefficient (Wildman–Crippen LogP) is 3.11. The lowest BCUT2D eigenvalue weighted by Crippen LogP contribution is -2.11. The van der Waals surface area contributed by atoms with Crippen molar-refractivity contribution in [1.82, 2.24) is 0 Å². The van der Waals surface area contributed by atoms with Crippen LogP contribution in [0.15, 0.2) is 24.3 Å². The van der Waals surface area contributed by atoms with E-state index in [2.05, 4.69) is 0 Å². The normalized spacial score (nSPS) is 12.1. The molecule has 0 unspecified atom stereocenters. The molecule has 3 nitrogen and oxygen atoms in total. The lowest BCUT2D eigenvalue weighted by Gasteiger charge is -2.02. The van der Waals surface area contributed by atoms with Crippen molar-refractivity contribution in [2.75, 3.05) is 0 Å². The molecular formula is C12H8FNO2S. The van der Waals surface area contributed by atoms with Crippen molar-refractivity contribution < 1.29 is 13.9 Å². The average molecular weight is 249 g/mol. The summed E-state index contributed by atoms with van der Waals surface area (Å²) in [5.74, 6) is -0.902. The van der Waals surface area contributed by atoms with Gasteiger partial charge in [0.25, 0.3) is 0 Å². The summed E-state index contributed by atoms with van der Waals surface area (Å²) in [4.78, 5) is 12.0. The first-order chi connectivity index (χ1) is 8.10. The number of fused-ring (bicyclic) bond motifs is 1. The zero-order valence-corrected chi connectivity index (χ0v) is 9.75. The van der Waals surface area contributed by atoms with Gasteiger partial charge in [-0.3, -0.25) is 0 Å². The number of hydrogen-bond donors (Lipinski definition) is 0. The minimum absolute atomic E-state index is 0.347. The van der Waals surface area contributed by atoms with Crippen LogP contribution < -0.4 is 0 Å². The molecule has 0 saturated heterocycles. The summed E-state index contributed by atoms with van der Waals surface area (Å²) in [7, 11) is 0. The SMILES string of the molecule is C[C@@H](C#N)OC(=O)c1cc2cc(F)ccc2s1. The van der Waals surface area contributed by atoms with Crippen LogP contribution in [0.2, 0.25) is 0 Å². The first kappa shape index (κ1) is 11.6. The maximum Gasteiger partial charge on any atom is 0.349 e. The highest BCUT2D eigenvalue weighted by Crippen LogP contribution is 2.26. The number of carbonyl (C=O) groups excluding carboxylic acids is 1. The van der Waals surface area contributed by atoms with E-state index in [1.54, 1.807) is 12.1 Å². The van der Waals surface area contributed by atoms with Crippen molar-refractivity contribution >= 4 is 27.4 Å². The first-order valence-corrected chi connectivity index (χ1v) is 5.71.